The fourth-order valence-electron chi connectivity index (χ4n) is 1.65. The van der Waals surface area contributed by atoms with Crippen LogP contribution in [0, 0.1) is 17.2 Å². The van der Waals surface area contributed by atoms with Crippen LogP contribution in [0.4, 0.5) is 10.5 Å². The van der Waals surface area contributed by atoms with Crippen molar-refractivity contribution < 1.29 is 9.53 Å². The van der Waals surface area contributed by atoms with Crippen molar-refractivity contribution >= 4 is 23.4 Å². The summed E-state index contributed by atoms with van der Waals surface area (Å²) in [7, 11) is 0. The van der Waals surface area contributed by atoms with E-state index >= 15 is 0 Å². The number of nitrogens with two attached hydrogens (primary N) is 1. The maximum absolute atomic E-state index is 10.5. The van der Waals surface area contributed by atoms with Crippen LogP contribution in [0.3, 0.4) is 0 Å². The van der Waals surface area contributed by atoms with Crippen LogP contribution in [0.1, 0.15) is 5.69 Å². The van der Waals surface area contributed by atoms with E-state index in [1.165, 1.54) is 0 Å². The number of amides is 1. The highest BCUT2D eigenvalue weighted by Gasteiger charge is 2.27. The standard InChI is InChI=1S/C11H11ClN4O2/c12-9-1-8(16-4-7(2-13)5-16)3-15-10(9)6-18-11(14)17/h1,3,7H,4-6H2,(H2,14,17). The number of anilines is 1. The molecule has 0 unspecified atom stereocenters. The second kappa shape index (κ2) is 5.10. The minimum Gasteiger partial charge on any atom is -0.443 e. The van der Waals surface area contributed by atoms with E-state index in [9.17, 15) is 4.79 Å². The van der Waals surface area contributed by atoms with Crippen LogP contribution in [0.2, 0.25) is 5.02 Å². The van der Waals surface area contributed by atoms with Gasteiger partial charge >= 0.3 is 6.09 Å². The zero-order valence-corrected chi connectivity index (χ0v) is 10.2. The Kier molecular flexibility index (Phi) is 3.53. The third-order valence-electron chi connectivity index (χ3n) is 2.68. The molecule has 18 heavy (non-hydrogen) atoms. The molecule has 1 saturated heterocycles. The van der Waals surface area contributed by atoms with Gasteiger partial charge in [0.25, 0.3) is 0 Å². The maximum Gasteiger partial charge on any atom is 0.404 e. The van der Waals surface area contributed by atoms with Crippen LogP contribution in [0.15, 0.2) is 12.3 Å². The van der Waals surface area contributed by atoms with E-state index in [-0.39, 0.29) is 12.5 Å². The second-order valence-corrected chi connectivity index (χ2v) is 4.37. The molecule has 1 amide bonds. The molecular formula is C11H11ClN4O2. The fraction of sp³-hybridized carbons (Fsp3) is 0.364. The van der Waals surface area contributed by atoms with E-state index in [2.05, 4.69) is 15.8 Å². The van der Waals surface area contributed by atoms with Crippen LogP contribution < -0.4 is 10.6 Å². The number of carbonyl (C=O) groups excluding carboxylic acids is 1. The molecule has 7 heteroatoms. The third kappa shape index (κ3) is 2.63. The molecule has 1 fully saturated rings. The molecule has 0 atom stereocenters. The zero-order valence-electron chi connectivity index (χ0n) is 9.47. The Labute approximate surface area is 109 Å². The summed E-state index contributed by atoms with van der Waals surface area (Å²) >= 11 is 6.02. The van der Waals surface area contributed by atoms with E-state index in [1.807, 2.05) is 4.90 Å². The molecule has 0 saturated carbocycles. The highest BCUT2D eigenvalue weighted by molar-refractivity contribution is 6.31. The largest absolute Gasteiger partial charge is 0.443 e. The molecule has 94 valence electrons. The highest BCUT2D eigenvalue weighted by atomic mass is 35.5. The Bertz CT molecular complexity index is 508. The van der Waals surface area contributed by atoms with Gasteiger partial charge in [0.15, 0.2) is 0 Å². The summed E-state index contributed by atoms with van der Waals surface area (Å²) in [6, 6.07) is 3.93. The number of hydrogen-bond donors (Lipinski definition) is 1. The van der Waals surface area contributed by atoms with Gasteiger partial charge in [0.05, 0.1) is 34.6 Å². The lowest BCUT2D eigenvalue weighted by atomic mass is 10.0. The molecule has 1 aliphatic rings. The maximum atomic E-state index is 10.5. The second-order valence-electron chi connectivity index (χ2n) is 3.96. The first-order valence-electron chi connectivity index (χ1n) is 5.31. The number of halogens is 1. The Morgan fingerprint density at radius 1 is 1.72 bits per heavy atom. The number of nitriles is 1. The fourth-order valence-corrected chi connectivity index (χ4v) is 1.86. The molecule has 2 N–H and O–H groups in total. The number of pyridine rings is 1. The SMILES string of the molecule is N#CC1CN(c2cnc(COC(N)=O)c(Cl)c2)C1. The minimum atomic E-state index is -0.864. The molecule has 0 aromatic carbocycles. The lowest BCUT2D eigenvalue weighted by Crippen LogP contribution is -2.46. The van der Waals surface area contributed by atoms with Crippen molar-refractivity contribution in [1.29, 1.82) is 5.26 Å². The Hall–Kier alpha value is -2.00. The number of rotatable bonds is 3. The molecule has 1 aromatic rings. The molecule has 1 aromatic heterocycles. The minimum absolute atomic E-state index is 0.0464. The number of carbonyl (C=O) groups is 1. The van der Waals surface area contributed by atoms with Gasteiger partial charge in [-0.1, -0.05) is 11.6 Å². The van der Waals surface area contributed by atoms with Gasteiger partial charge in [-0.2, -0.15) is 5.26 Å². The van der Waals surface area contributed by atoms with Crippen LogP contribution in [0.5, 0.6) is 0 Å². The van der Waals surface area contributed by atoms with E-state index < -0.39 is 6.09 Å². The van der Waals surface area contributed by atoms with Gasteiger partial charge in [0.1, 0.15) is 6.61 Å². The van der Waals surface area contributed by atoms with Crippen molar-refractivity contribution in [3.05, 3.63) is 23.0 Å². The molecule has 0 bridgehead atoms. The van der Waals surface area contributed by atoms with E-state index in [0.29, 0.717) is 23.8 Å². The molecule has 2 heterocycles. The summed E-state index contributed by atoms with van der Waals surface area (Å²) < 4.78 is 4.62. The summed E-state index contributed by atoms with van der Waals surface area (Å²) in [5.74, 6) is 0.0710. The van der Waals surface area contributed by atoms with Crippen molar-refractivity contribution in [3.63, 3.8) is 0 Å². The van der Waals surface area contributed by atoms with Crippen molar-refractivity contribution in [2.45, 2.75) is 6.61 Å². The summed E-state index contributed by atoms with van der Waals surface area (Å²) in [4.78, 5) is 16.6. The van der Waals surface area contributed by atoms with E-state index in [4.69, 9.17) is 22.6 Å². The van der Waals surface area contributed by atoms with Crippen molar-refractivity contribution in [2.24, 2.45) is 11.7 Å². The molecular weight excluding hydrogens is 256 g/mol. The number of primary amides is 1. The van der Waals surface area contributed by atoms with E-state index in [1.54, 1.807) is 12.3 Å². The average Bonchev–Trinajstić information content (AvgIpc) is 2.26. The Morgan fingerprint density at radius 3 is 3.00 bits per heavy atom. The van der Waals surface area contributed by atoms with Gasteiger partial charge in [0, 0.05) is 13.1 Å². The highest BCUT2D eigenvalue weighted by Crippen LogP contribution is 2.27. The summed E-state index contributed by atoms with van der Waals surface area (Å²) in [6.45, 7) is 1.33. The molecule has 6 nitrogen and oxygen atoms in total. The van der Waals surface area contributed by atoms with Crippen LogP contribution in [0.25, 0.3) is 0 Å². The lowest BCUT2D eigenvalue weighted by Gasteiger charge is -2.37. The molecule has 0 aliphatic carbocycles. The number of nitrogens with zero attached hydrogens (tertiary/aromatic N) is 3. The average molecular weight is 267 g/mol. The monoisotopic (exact) mass is 266 g/mol. The summed E-state index contributed by atoms with van der Waals surface area (Å²) in [5, 5.41) is 9.10. The Morgan fingerprint density at radius 2 is 2.44 bits per heavy atom. The molecule has 2 rings (SSSR count). The van der Waals surface area contributed by atoms with Gasteiger partial charge in [-0.05, 0) is 6.07 Å². The quantitative estimate of drug-likeness (QED) is 0.890. The van der Waals surface area contributed by atoms with Crippen LogP contribution >= 0.6 is 11.6 Å². The third-order valence-corrected chi connectivity index (χ3v) is 3.01. The summed E-state index contributed by atoms with van der Waals surface area (Å²) in [5.41, 5.74) is 6.17. The number of ether oxygens (including phenoxy) is 1. The van der Waals surface area contributed by atoms with Crippen molar-refractivity contribution in [3.8, 4) is 6.07 Å². The first-order chi connectivity index (χ1) is 8.60. The van der Waals surface area contributed by atoms with Crippen LogP contribution in [-0.4, -0.2) is 24.2 Å². The van der Waals surface area contributed by atoms with Gasteiger partial charge in [-0.15, -0.1) is 0 Å². The summed E-state index contributed by atoms with van der Waals surface area (Å²) in [6.07, 6.45) is 0.774. The van der Waals surface area contributed by atoms with Crippen molar-refractivity contribution in [2.75, 3.05) is 18.0 Å². The first kappa shape index (κ1) is 12.5. The van der Waals surface area contributed by atoms with Gasteiger partial charge in [-0.25, -0.2) is 4.79 Å². The zero-order chi connectivity index (χ0) is 13.1. The normalized spacial score (nSPS) is 14.8. The lowest BCUT2D eigenvalue weighted by molar-refractivity contribution is 0.149. The predicted octanol–water partition coefficient (Wildman–Crippen LogP) is 1.29. The van der Waals surface area contributed by atoms with Crippen LogP contribution in [-0.2, 0) is 11.3 Å². The molecule has 0 spiro atoms. The van der Waals surface area contributed by atoms with Gasteiger partial charge < -0.3 is 15.4 Å². The smallest absolute Gasteiger partial charge is 0.404 e. The number of aromatic nitrogens is 1. The topological polar surface area (TPSA) is 92.2 Å². The number of hydrogen-bond acceptors (Lipinski definition) is 5. The molecule has 1 aliphatic heterocycles. The first-order valence-corrected chi connectivity index (χ1v) is 5.69. The Balaban J connectivity index is 2.02. The van der Waals surface area contributed by atoms with Crippen molar-refractivity contribution in [1.82, 2.24) is 4.98 Å². The van der Waals surface area contributed by atoms with E-state index in [0.717, 1.165) is 5.69 Å². The van der Waals surface area contributed by atoms with Gasteiger partial charge in [0.2, 0.25) is 0 Å². The van der Waals surface area contributed by atoms with Gasteiger partial charge in [-0.3, -0.25) is 4.98 Å². The predicted molar refractivity (Wildman–Crippen MR) is 64.9 cm³/mol. The molecule has 0 radical (unpaired) electrons.